The van der Waals surface area contributed by atoms with E-state index in [-0.39, 0.29) is 36.4 Å². The number of hydrogen-bond acceptors (Lipinski definition) is 5. The third-order valence-corrected chi connectivity index (χ3v) is 5.48. The van der Waals surface area contributed by atoms with Gasteiger partial charge < -0.3 is 20.1 Å². The summed E-state index contributed by atoms with van der Waals surface area (Å²) in [7, 11) is 0. The van der Waals surface area contributed by atoms with Crippen LogP contribution >= 0.6 is 0 Å². The Morgan fingerprint density at radius 1 is 1.19 bits per heavy atom. The van der Waals surface area contributed by atoms with Gasteiger partial charge >= 0.3 is 0 Å². The summed E-state index contributed by atoms with van der Waals surface area (Å²) in [6.07, 6.45) is 0.385. The number of benzene rings is 1. The van der Waals surface area contributed by atoms with Crippen LogP contribution in [-0.2, 0) is 14.3 Å². The lowest BCUT2D eigenvalue weighted by Crippen LogP contribution is -2.68. The maximum atomic E-state index is 12.4. The van der Waals surface area contributed by atoms with Crippen LogP contribution in [-0.4, -0.2) is 84.8 Å². The van der Waals surface area contributed by atoms with Gasteiger partial charge in [0.25, 0.3) is 0 Å². The van der Waals surface area contributed by atoms with E-state index in [0.29, 0.717) is 32.7 Å². The molecule has 2 amide bonds. The van der Waals surface area contributed by atoms with Gasteiger partial charge in [-0.15, -0.1) is 0 Å². The Hall–Kier alpha value is -1.96. The molecular formula is C20H29N3O4. The first-order valence-electron chi connectivity index (χ1n) is 9.69. The second-order valence-electron chi connectivity index (χ2n) is 7.10. The number of hydrogen-bond donors (Lipinski definition) is 2. The molecule has 148 valence electrons. The first-order chi connectivity index (χ1) is 13.2. The molecule has 2 aliphatic rings. The predicted molar refractivity (Wildman–Crippen MR) is 101 cm³/mol. The summed E-state index contributed by atoms with van der Waals surface area (Å²) in [5.74, 6) is -0.0101. The highest BCUT2D eigenvalue weighted by atomic mass is 16.5. The van der Waals surface area contributed by atoms with Gasteiger partial charge in [-0.2, -0.15) is 0 Å². The molecule has 0 bridgehead atoms. The summed E-state index contributed by atoms with van der Waals surface area (Å²) >= 11 is 0. The van der Waals surface area contributed by atoms with Gasteiger partial charge in [-0.3, -0.25) is 14.5 Å². The quantitative estimate of drug-likeness (QED) is 0.712. The Kier molecular flexibility index (Phi) is 6.82. The highest BCUT2D eigenvalue weighted by Gasteiger charge is 2.50. The van der Waals surface area contributed by atoms with Crippen molar-refractivity contribution in [3.8, 4) is 0 Å². The number of carbonyl (C=O) groups is 2. The minimum absolute atomic E-state index is 0.00802. The topological polar surface area (TPSA) is 82.1 Å². The van der Waals surface area contributed by atoms with Gasteiger partial charge in [0.05, 0.1) is 38.4 Å². The number of aliphatic hydroxyl groups excluding tert-OH is 1. The first-order valence-corrected chi connectivity index (χ1v) is 9.69. The Labute approximate surface area is 160 Å². The lowest BCUT2D eigenvalue weighted by molar-refractivity contribution is -0.150. The van der Waals surface area contributed by atoms with E-state index in [1.54, 1.807) is 4.90 Å². The average molecular weight is 375 g/mol. The van der Waals surface area contributed by atoms with Gasteiger partial charge in [0.2, 0.25) is 11.8 Å². The maximum absolute atomic E-state index is 12.4. The van der Waals surface area contributed by atoms with Crippen molar-refractivity contribution in [3.63, 3.8) is 0 Å². The molecule has 0 saturated carbocycles. The van der Waals surface area contributed by atoms with Crippen LogP contribution in [0.3, 0.4) is 0 Å². The number of nitrogens with one attached hydrogen (secondary N) is 1. The van der Waals surface area contributed by atoms with Crippen molar-refractivity contribution in [1.29, 1.82) is 0 Å². The zero-order valence-corrected chi connectivity index (χ0v) is 15.8. The number of carbonyl (C=O) groups excluding carboxylic acids is 2. The van der Waals surface area contributed by atoms with Crippen molar-refractivity contribution >= 4 is 11.8 Å². The third-order valence-electron chi connectivity index (χ3n) is 5.48. The van der Waals surface area contributed by atoms with Crippen LogP contribution in [0.4, 0.5) is 0 Å². The standard InChI is InChI=1S/C20H29N3O4/c1-2-19(26)23-16(12-21-18(25)13-22-8-10-27-11-9-22)20(17(23)14-24)15-6-4-3-5-7-15/h3-7,16-17,20,24H,2,8-14H2,1H3,(H,21,25)/t16-,17-,20+/m1/s1. The van der Waals surface area contributed by atoms with Gasteiger partial charge in [-0.05, 0) is 5.56 Å². The molecule has 27 heavy (non-hydrogen) atoms. The molecule has 2 saturated heterocycles. The molecule has 2 heterocycles. The number of nitrogens with zero attached hydrogens (tertiary/aromatic N) is 2. The van der Waals surface area contributed by atoms with E-state index in [0.717, 1.165) is 18.7 Å². The molecule has 2 fully saturated rings. The molecule has 0 aliphatic carbocycles. The summed E-state index contributed by atoms with van der Waals surface area (Å²) in [6, 6.07) is 9.54. The van der Waals surface area contributed by atoms with E-state index in [9.17, 15) is 14.7 Å². The lowest BCUT2D eigenvalue weighted by Gasteiger charge is -2.55. The number of likely N-dealkylation sites (tertiary alicyclic amines) is 1. The van der Waals surface area contributed by atoms with Crippen LogP contribution in [0.5, 0.6) is 0 Å². The lowest BCUT2D eigenvalue weighted by atomic mass is 9.75. The first kappa shape index (κ1) is 19.8. The molecule has 1 aromatic carbocycles. The zero-order valence-electron chi connectivity index (χ0n) is 15.8. The maximum Gasteiger partial charge on any atom is 0.234 e. The second-order valence-corrected chi connectivity index (χ2v) is 7.10. The van der Waals surface area contributed by atoms with Gasteiger partial charge in [-0.1, -0.05) is 37.3 Å². The van der Waals surface area contributed by atoms with Crippen LogP contribution < -0.4 is 5.32 Å². The number of amides is 2. The minimum Gasteiger partial charge on any atom is -0.394 e. The van der Waals surface area contributed by atoms with E-state index in [1.165, 1.54) is 0 Å². The van der Waals surface area contributed by atoms with Crippen LogP contribution in [0.25, 0.3) is 0 Å². The molecular weight excluding hydrogens is 346 g/mol. The van der Waals surface area contributed by atoms with Crippen LogP contribution in [0.15, 0.2) is 30.3 Å². The van der Waals surface area contributed by atoms with Crippen LogP contribution in [0, 0.1) is 0 Å². The van der Waals surface area contributed by atoms with E-state index in [1.807, 2.05) is 37.3 Å². The van der Waals surface area contributed by atoms with Crippen LogP contribution in [0.1, 0.15) is 24.8 Å². The molecule has 7 heteroatoms. The molecule has 0 spiro atoms. The van der Waals surface area contributed by atoms with E-state index < -0.39 is 0 Å². The third kappa shape index (κ3) is 4.48. The van der Waals surface area contributed by atoms with Crippen molar-refractivity contribution in [2.45, 2.75) is 31.3 Å². The van der Waals surface area contributed by atoms with Gasteiger partial charge in [0.1, 0.15) is 0 Å². The van der Waals surface area contributed by atoms with E-state index in [2.05, 4.69) is 10.2 Å². The molecule has 0 radical (unpaired) electrons. The zero-order chi connectivity index (χ0) is 19.2. The van der Waals surface area contributed by atoms with Gasteiger partial charge in [-0.25, -0.2) is 0 Å². The highest BCUT2D eigenvalue weighted by molar-refractivity contribution is 5.80. The largest absolute Gasteiger partial charge is 0.394 e. The molecule has 3 atom stereocenters. The summed E-state index contributed by atoms with van der Waals surface area (Å²) < 4.78 is 5.30. The second kappa shape index (κ2) is 9.30. The van der Waals surface area contributed by atoms with Crippen molar-refractivity contribution in [2.75, 3.05) is 46.0 Å². The van der Waals surface area contributed by atoms with Crippen molar-refractivity contribution in [3.05, 3.63) is 35.9 Å². The predicted octanol–water partition coefficient (Wildman–Crippen LogP) is 0.200. The average Bonchev–Trinajstić information content (AvgIpc) is 2.68. The molecule has 1 aromatic rings. The highest BCUT2D eigenvalue weighted by Crippen LogP contribution is 2.40. The minimum atomic E-state index is -0.235. The number of ether oxygens (including phenoxy) is 1. The van der Waals surface area contributed by atoms with Crippen molar-refractivity contribution in [2.24, 2.45) is 0 Å². The monoisotopic (exact) mass is 375 g/mol. The van der Waals surface area contributed by atoms with Crippen molar-refractivity contribution in [1.82, 2.24) is 15.1 Å². The molecule has 0 unspecified atom stereocenters. The number of aliphatic hydroxyl groups is 1. The summed E-state index contributed by atoms with van der Waals surface area (Å²) in [6.45, 7) is 5.31. The molecule has 0 aromatic heterocycles. The Morgan fingerprint density at radius 2 is 1.89 bits per heavy atom. The fourth-order valence-corrected chi connectivity index (χ4v) is 4.08. The Morgan fingerprint density at radius 3 is 2.52 bits per heavy atom. The molecule has 2 aliphatic heterocycles. The summed E-state index contributed by atoms with van der Waals surface area (Å²) in [5, 5.41) is 12.8. The molecule has 7 nitrogen and oxygen atoms in total. The van der Waals surface area contributed by atoms with E-state index >= 15 is 0 Å². The van der Waals surface area contributed by atoms with Gasteiger partial charge in [0, 0.05) is 32.0 Å². The fraction of sp³-hybridized carbons (Fsp3) is 0.600. The Bertz CT molecular complexity index is 633. The summed E-state index contributed by atoms with van der Waals surface area (Å²) in [4.78, 5) is 28.6. The smallest absolute Gasteiger partial charge is 0.234 e. The van der Waals surface area contributed by atoms with E-state index in [4.69, 9.17) is 4.74 Å². The number of rotatable bonds is 7. The van der Waals surface area contributed by atoms with Crippen molar-refractivity contribution < 1.29 is 19.4 Å². The SMILES string of the molecule is CCC(=O)N1[C@H](CO)[C@@H](c2ccccc2)[C@H]1CNC(=O)CN1CCOCC1. The van der Waals surface area contributed by atoms with Gasteiger partial charge in [0.15, 0.2) is 0 Å². The summed E-state index contributed by atoms with van der Waals surface area (Å²) in [5.41, 5.74) is 1.09. The molecule has 2 N–H and O–H groups in total. The normalized spacial score (nSPS) is 25.7. The number of morpholine rings is 1. The molecule has 3 rings (SSSR count). The Balaban J connectivity index is 1.65. The fourth-order valence-electron chi connectivity index (χ4n) is 4.08. The van der Waals surface area contributed by atoms with Crippen LogP contribution in [0.2, 0.25) is 0 Å².